The molecule has 0 amide bonds. The molecule has 4 rings (SSSR count). The van der Waals surface area contributed by atoms with Crippen LogP contribution in [0.2, 0.25) is 5.02 Å². The second-order valence-corrected chi connectivity index (χ2v) is 6.63. The summed E-state index contributed by atoms with van der Waals surface area (Å²) in [4.78, 5) is 9.21. The lowest BCUT2D eigenvalue weighted by atomic mass is 10.3. The summed E-state index contributed by atoms with van der Waals surface area (Å²) in [5.41, 5.74) is 4.38. The fourth-order valence-electron chi connectivity index (χ4n) is 2.55. The highest BCUT2D eigenvalue weighted by molar-refractivity contribution is 8.93. The Morgan fingerprint density at radius 2 is 1.88 bits per heavy atom. The average Bonchev–Trinajstić information content (AvgIpc) is 3.12. The number of anilines is 2. The third-order valence-corrected chi connectivity index (χ3v) is 4.60. The van der Waals surface area contributed by atoms with E-state index < -0.39 is 0 Å². The summed E-state index contributed by atoms with van der Waals surface area (Å²) in [5.74, 6) is 0.235. The second kappa shape index (κ2) is 7.03. The molecule has 5 nitrogen and oxygen atoms in total. The first-order valence-electron chi connectivity index (χ1n) is 7.26. The van der Waals surface area contributed by atoms with Crippen molar-refractivity contribution in [2.24, 2.45) is 0 Å². The monoisotopic (exact) mass is 436 g/mol. The number of aromatic hydroxyl groups is 1. The molecule has 0 atom stereocenters. The number of aromatic nitrogens is 3. The third-order valence-electron chi connectivity index (χ3n) is 3.62. The predicted octanol–water partition coefficient (Wildman–Crippen LogP) is 5.45. The van der Waals surface area contributed by atoms with Crippen LogP contribution in [-0.2, 0) is 0 Å². The van der Waals surface area contributed by atoms with Gasteiger partial charge in [-0.05, 0) is 43.3 Å². The molecule has 0 saturated heterocycles. The van der Waals surface area contributed by atoms with Crippen molar-refractivity contribution >= 4 is 56.4 Å². The van der Waals surface area contributed by atoms with Gasteiger partial charge in [-0.1, -0.05) is 11.6 Å². The molecule has 4 aromatic rings. The van der Waals surface area contributed by atoms with Crippen molar-refractivity contribution in [2.75, 3.05) is 5.32 Å². The van der Waals surface area contributed by atoms with Crippen LogP contribution in [-0.4, -0.2) is 19.5 Å². The Bertz CT molecular complexity index is 1030. The summed E-state index contributed by atoms with van der Waals surface area (Å²) in [6.07, 6.45) is 1.85. The molecule has 0 unspecified atom stereocenters. The molecule has 2 N–H and O–H groups in total. The third kappa shape index (κ3) is 3.49. The van der Waals surface area contributed by atoms with Crippen LogP contribution in [0.3, 0.4) is 0 Å². The zero-order valence-corrected chi connectivity index (χ0v) is 16.4. The van der Waals surface area contributed by atoms with Crippen molar-refractivity contribution in [1.29, 1.82) is 0 Å². The van der Waals surface area contributed by atoms with Gasteiger partial charge in [0.05, 0.1) is 16.4 Å². The van der Waals surface area contributed by atoms with Gasteiger partial charge in [0.25, 0.3) is 0 Å². The van der Waals surface area contributed by atoms with Gasteiger partial charge in [0.1, 0.15) is 17.1 Å². The lowest BCUT2D eigenvalue weighted by Crippen LogP contribution is -1.92. The lowest BCUT2D eigenvalue weighted by Gasteiger charge is -2.02. The number of hydrogen-bond acceptors (Lipinski definition) is 5. The van der Waals surface area contributed by atoms with E-state index in [1.807, 2.05) is 35.0 Å². The number of rotatable bonds is 3. The zero-order chi connectivity index (χ0) is 16.7. The van der Waals surface area contributed by atoms with E-state index in [2.05, 4.69) is 15.3 Å². The fraction of sp³-hybridized carbons (Fsp3) is 0.0588. The van der Waals surface area contributed by atoms with Crippen molar-refractivity contribution in [3.8, 4) is 17.1 Å². The molecule has 128 valence electrons. The summed E-state index contributed by atoms with van der Waals surface area (Å²) in [6, 6.07) is 10.6. The normalized spacial score (nSPS) is 10.6. The molecule has 0 bridgehead atoms. The first kappa shape index (κ1) is 17.7. The minimum Gasteiger partial charge on any atom is -0.508 e. The maximum absolute atomic E-state index is 9.34. The van der Waals surface area contributed by atoms with Gasteiger partial charge in [-0.3, -0.25) is 4.40 Å². The van der Waals surface area contributed by atoms with Crippen molar-refractivity contribution < 1.29 is 5.11 Å². The number of hydrogen-bond donors (Lipinski definition) is 2. The van der Waals surface area contributed by atoms with Crippen molar-refractivity contribution in [3.63, 3.8) is 0 Å². The number of nitrogens with one attached hydrogen (secondary N) is 1. The van der Waals surface area contributed by atoms with Crippen molar-refractivity contribution in [1.82, 2.24) is 14.4 Å². The van der Waals surface area contributed by atoms with Crippen LogP contribution < -0.4 is 5.32 Å². The smallest absolute Gasteiger partial charge is 0.187 e. The first-order chi connectivity index (χ1) is 11.6. The molecule has 3 heterocycles. The molecule has 25 heavy (non-hydrogen) atoms. The van der Waals surface area contributed by atoms with Gasteiger partial charge in [0.2, 0.25) is 0 Å². The molecule has 0 aliphatic rings. The number of aryl methyl sites for hydroxylation is 1. The van der Waals surface area contributed by atoms with Gasteiger partial charge in [-0.2, -0.15) is 0 Å². The number of benzene rings is 1. The topological polar surface area (TPSA) is 62.5 Å². The van der Waals surface area contributed by atoms with Crippen LogP contribution in [0.4, 0.5) is 10.8 Å². The van der Waals surface area contributed by atoms with E-state index in [0.717, 1.165) is 33.5 Å². The number of thiazole rings is 1. The number of fused-ring (bicyclic) bond motifs is 1. The van der Waals surface area contributed by atoms with Crippen LogP contribution in [0.1, 0.15) is 5.69 Å². The van der Waals surface area contributed by atoms with Crippen molar-refractivity contribution in [3.05, 3.63) is 58.7 Å². The SMILES string of the molecule is Br.Cc1nc2ccc(Cl)cn2c1-c1csc(Nc2ccc(O)cc2)n1. The second-order valence-electron chi connectivity index (χ2n) is 5.33. The fourth-order valence-corrected chi connectivity index (χ4v) is 3.43. The summed E-state index contributed by atoms with van der Waals surface area (Å²) >= 11 is 7.62. The highest BCUT2D eigenvalue weighted by atomic mass is 79.9. The summed E-state index contributed by atoms with van der Waals surface area (Å²) in [7, 11) is 0. The van der Waals surface area contributed by atoms with E-state index in [9.17, 15) is 5.11 Å². The van der Waals surface area contributed by atoms with Gasteiger partial charge < -0.3 is 10.4 Å². The van der Waals surface area contributed by atoms with Crippen LogP contribution in [0.25, 0.3) is 17.0 Å². The number of phenols is 1. The molecule has 0 aliphatic carbocycles. The Balaban J connectivity index is 0.00000182. The minimum absolute atomic E-state index is 0. The van der Waals surface area contributed by atoms with E-state index in [1.165, 1.54) is 11.3 Å². The van der Waals surface area contributed by atoms with Crippen LogP contribution >= 0.6 is 39.9 Å². The molecule has 0 spiro atoms. The molecule has 0 aliphatic heterocycles. The quantitative estimate of drug-likeness (QED) is 0.419. The van der Waals surface area contributed by atoms with E-state index in [-0.39, 0.29) is 22.7 Å². The highest BCUT2D eigenvalue weighted by Gasteiger charge is 2.14. The first-order valence-corrected chi connectivity index (χ1v) is 8.52. The molecule has 1 aromatic carbocycles. The number of imidazole rings is 1. The summed E-state index contributed by atoms with van der Waals surface area (Å²) in [6.45, 7) is 1.96. The van der Waals surface area contributed by atoms with Gasteiger partial charge in [0, 0.05) is 17.3 Å². The Morgan fingerprint density at radius 1 is 1.12 bits per heavy atom. The number of pyridine rings is 1. The van der Waals surface area contributed by atoms with E-state index >= 15 is 0 Å². The maximum atomic E-state index is 9.34. The van der Waals surface area contributed by atoms with Gasteiger partial charge >= 0.3 is 0 Å². The number of nitrogens with zero attached hydrogens (tertiary/aromatic N) is 3. The minimum atomic E-state index is 0. The molecule has 0 fully saturated rings. The highest BCUT2D eigenvalue weighted by Crippen LogP contribution is 2.30. The van der Waals surface area contributed by atoms with E-state index in [1.54, 1.807) is 24.3 Å². The molecular weight excluding hydrogens is 424 g/mol. The molecule has 0 saturated carbocycles. The zero-order valence-electron chi connectivity index (χ0n) is 13.1. The summed E-state index contributed by atoms with van der Waals surface area (Å²) in [5, 5.41) is 16.0. The van der Waals surface area contributed by atoms with E-state index in [0.29, 0.717) is 5.02 Å². The molecular formula is C17H14BrClN4OS. The summed E-state index contributed by atoms with van der Waals surface area (Å²) < 4.78 is 1.96. The average molecular weight is 438 g/mol. The maximum Gasteiger partial charge on any atom is 0.187 e. The predicted molar refractivity (Wildman–Crippen MR) is 108 cm³/mol. The number of halogens is 2. The van der Waals surface area contributed by atoms with Gasteiger partial charge in [-0.25, -0.2) is 9.97 Å². The molecule has 8 heteroatoms. The Morgan fingerprint density at radius 3 is 2.64 bits per heavy atom. The van der Waals surface area contributed by atoms with Crippen molar-refractivity contribution in [2.45, 2.75) is 6.92 Å². The van der Waals surface area contributed by atoms with Gasteiger partial charge in [0.15, 0.2) is 5.13 Å². The van der Waals surface area contributed by atoms with Crippen LogP contribution in [0.5, 0.6) is 5.75 Å². The molecule has 3 aromatic heterocycles. The van der Waals surface area contributed by atoms with Crippen LogP contribution in [0, 0.1) is 6.92 Å². The number of phenolic OH excluding ortho intramolecular Hbond substituents is 1. The lowest BCUT2D eigenvalue weighted by molar-refractivity contribution is 0.475. The Hall–Kier alpha value is -2.09. The Labute approximate surface area is 163 Å². The van der Waals surface area contributed by atoms with Crippen LogP contribution in [0.15, 0.2) is 48.0 Å². The van der Waals surface area contributed by atoms with Gasteiger partial charge in [-0.15, -0.1) is 28.3 Å². The Kier molecular flexibility index (Phi) is 4.99. The largest absolute Gasteiger partial charge is 0.508 e. The van der Waals surface area contributed by atoms with E-state index in [4.69, 9.17) is 11.6 Å². The molecule has 0 radical (unpaired) electrons. The standard InChI is InChI=1S/C17H13ClN4OS.BrH/c1-10-16(22-8-11(18)2-7-15(22)19-10)14-9-24-17(21-14)20-12-3-5-13(23)6-4-12;/h2-9,23H,1H3,(H,20,21);1H.